The van der Waals surface area contributed by atoms with Crippen molar-refractivity contribution in [1.29, 1.82) is 0 Å². The van der Waals surface area contributed by atoms with Gasteiger partial charge in [0, 0.05) is 13.1 Å². The second kappa shape index (κ2) is 5.09. The molecule has 0 radical (unpaired) electrons. The molecule has 1 aliphatic rings. The molecule has 0 saturated carbocycles. The second-order valence-corrected chi connectivity index (χ2v) is 5.22. The van der Waals surface area contributed by atoms with Crippen LogP contribution in [-0.4, -0.2) is 48.3 Å². The molecule has 1 heterocycles. The molecule has 1 amide bonds. The van der Waals surface area contributed by atoms with Crippen molar-refractivity contribution in [3.63, 3.8) is 0 Å². The molecule has 2 rings (SSSR count). The average molecular weight is 265 g/mol. The van der Waals surface area contributed by atoms with E-state index in [0.29, 0.717) is 25.4 Å². The SMILES string of the molecule is COc1ccc(O)c(C(=O)N2CCOC(C)(C)C2)c1. The molecular weight excluding hydrogens is 246 g/mol. The third-order valence-electron chi connectivity index (χ3n) is 3.15. The highest BCUT2D eigenvalue weighted by Crippen LogP contribution is 2.26. The minimum atomic E-state index is -0.359. The van der Waals surface area contributed by atoms with Crippen LogP contribution in [0.4, 0.5) is 0 Å². The zero-order valence-electron chi connectivity index (χ0n) is 11.5. The van der Waals surface area contributed by atoms with Gasteiger partial charge in [-0.3, -0.25) is 4.79 Å². The maximum absolute atomic E-state index is 12.4. The van der Waals surface area contributed by atoms with E-state index in [1.807, 2.05) is 13.8 Å². The minimum Gasteiger partial charge on any atom is -0.507 e. The van der Waals surface area contributed by atoms with E-state index >= 15 is 0 Å². The Morgan fingerprint density at radius 2 is 2.21 bits per heavy atom. The third kappa shape index (κ3) is 2.98. The Bertz CT molecular complexity index is 484. The van der Waals surface area contributed by atoms with Gasteiger partial charge in [-0.05, 0) is 32.0 Å². The first kappa shape index (κ1) is 13.7. The highest BCUT2D eigenvalue weighted by molar-refractivity contribution is 5.97. The lowest BCUT2D eigenvalue weighted by Crippen LogP contribution is -2.50. The summed E-state index contributed by atoms with van der Waals surface area (Å²) in [5.74, 6) is 0.316. The molecule has 1 N–H and O–H groups in total. The summed E-state index contributed by atoms with van der Waals surface area (Å²) in [7, 11) is 1.53. The van der Waals surface area contributed by atoms with Crippen molar-refractivity contribution in [1.82, 2.24) is 4.90 Å². The van der Waals surface area contributed by atoms with Gasteiger partial charge in [-0.25, -0.2) is 0 Å². The van der Waals surface area contributed by atoms with Gasteiger partial charge in [-0.2, -0.15) is 0 Å². The largest absolute Gasteiger partial charge is 0.507 e. The Morgan fingerprint density at radius 3 is 2.84 bits per heavy atom. The summed E-state index contributed by atoms with van der Waals surface area (Å²) < 4.78 is 10.7. The number of hydrogen-bond donors (Lipinski definition) is 1. The van der Waals surface area contributed by atoms with Gasteiger partial charge in [0.1, 0.15) is 11.5 Å². The van der Waals surface area contributed by atoms with Gasteiger partial charge in [0.05, 0.1) is 24.9 Å². The normalized spacial score (nSPS) is 18.2. The van der Waals surface area contributed by atoms with Crippen LogP contribution in [0.5, 0.6) is 11.5 Å². The molecule has 1 aromatic rings. The molecule has 1 saturated heterocycles. The summed E-state index contributed by atoms with van der Waals surface area (Å²) in [4.78, 5) is 14.1. The Labute approximate surface area is 112 Å². The fourth-order valence-corrected chi connectivity index (χ4v) is 2.17. The van der Waals surface area contributed by atoms with Crippen LogP contribution in [0.1, 0.15) is 24.2 Å². The predicted octanol–water partition coefficient (Wildman–Crippen LogP) is 1.65. The van der Waals surface area contributed by atoms with Gasteiger partial charge in [0.15, 0.2) is 0 Å². The number of phenols is 1. The smallest absolute Gasteiger partial charge is 0.257 e. The van der Waals surface area contributed by atoms with Gasteiger partial charge in [0.2, 0.25) is 0 Å². The Kier molecular flexibility index (Phi) is 3.66. The molecule has 5 heteroatoms. The Morgan fingerprint density at radius 1 is 1.47 bits per heavy atom. The number of benzene rings is 1. The standard InChI is InChI=1S/C14H19NO4/c1-14(2)9-15(6-7-19-14)13(17)11-8-10(18-3)4-5-12(11)16/h4-5,8,16H,6-7,9H2,1-3H3. The number of carbonyl (C=O) groups excluding carboxylic acids is 1. The molecule has 0 spiro atoms. The highest BCUT2D eigenvalue weighted by atomic mass is 16.5. The van der Waals surface area contributed by atoms with E-state index in [9.17, 15) is 9.90 Å². The zero-order valence-corrected chi connectivity index (χ0v) is 11.5. The molecule has 0 aromatic heterocycles. The number of rotatable bonds is 2. The summed E-state index contributed by atoms with van der Waals surface area (Å²) in [5, 5.41) is 9.83. The van der Waals surface area contributed by atoms with Crippen molar-refractivity contribution in [3.8, 4) is 11.5 Å². The van der Waals surface area contributed by atoms with E-state index < -0.39 is 0 Å². The molecule has 0 atom stereocenters. The van der Waals surface area contributed by atoms with Crippen molar-refractivity contribution in [2.24, 2.45) is 0 Å². The van der Waals surface area contributed by atoms with Gasteiger partial charge in [0.25, 0.3) is 5.91 Å². The molecule has 0 aliphatic carbocycles. The summed E-state index contributed by atoms with van der Waals surface area (Å²) in [6.45, 7) is 5.42. The second-order valence-electron chi connectivity index (χ2n) is 5.22. The molecule has 1 aliphatic heterocycles. The van der Waals surface area contributed by atoms with Crippen LogP contribution in [0.25, 0.3) is 0 Å². The molecule has 0 unspecified atom stereocenters. The van der Waals surface area contributed by atoms with Crippen molar-refractivity contribution < 1.29 is 19.4 Å². The Balaban J connectivity index is 2.24. The van der Waals surface area contributed by atoms with Gasteiger partial charge in [-0.15, -0.1) is 0 Å². The lowest BCUT2D eigenvalue weighted by Gasteiger charge is -2.38. The maximum Gasteiger partial charge on any atom is 0.257 e. The van der Waals surface area contributed by atoms with E-state index in [0.717, 1.165) is 0 Å². The summed E-state index contributed by atoms with van der Waals surface area (Å²) >= 11 is 0. The summed E-state index contributed by atoms with van der Waals surface area (Å²) in [6, 6.07) is 4.65. The monoisotopic (exact) mass is 265 g/mol. The van der Waals surface area contributed by atoms with Crippen LogP contribution in [-0.2, 0) is 4.74 Å². The van der Waals surface area contributed by atoms with Crippen LogP contribution >= 0.6 is 0 Å². The average Bonchev–Trinajstić information content (AvgIpc) is 2.37. The molecule has 1 aromatic carbocycles. The molecule has 104 valence electrons. The van der Waals surface area contributed by atoms with Gasteiger partial charge < -0.3 is 19.5 Å². The van der Waals surface area contributed by atoms with Crippen molar-refractivity contribution in [2.75, 3.05) is 26.8 Å². The minimum absolute atomic E-state index is 0.0323. The van der Waals surface area contributed by atoms with E-state index in [4.69, 9.17) is 9.47 Å². The molecule has 0 bridgehead atoms. The van der Waals surface area contributed by atoms with E-state index in [-0.39, 0.29) is 22.8 Å². The first-order valence-electron chi connectivity index (χ1n) is 6.23. The molecule has 19 heavy (non-hydrogen) atoms. The number of ether oxygens (including phenoxy) is 2. The van der Waals surface area contributed by atoms with Crippen molar-refractivity contribution >= 4 is 5.91 Å². The van der Waals surface area contributed by atoms with Crippen LogP contribution in [0.3, 0.4) is 0 Å². The lowest BCUT2D eigenvalue weighted by atomic mass is 10.1. The van der Waals surface area contributed by atoms with Gasteiger partial charge >= 0.3 is 0 Å². The molecular formula is C14H19NO4. The summed E-state index contributed by atoms with van der Waals surface area (Å²) in [6.07, 6.45) is 0. The van der Waals surface area contributed by atoms with Crippen LogP contribution in [0, 0.1) is 0 Å². The lowest BCUT2D eigenvalue weighted by molar-refractivity contribution is -0.0764. The quantitative estimate of drug-likeness (QED) is 0.883. The number of methoxy groups -OCH3 is 1. The number of carbonyl (C=O) groups is 1. The number of morpholine rings is 1. The van der Waals surface area contributed by atoms with E-state index in [1.165, 1.54) is 13.2 Å². The van der Waals surface area contributed by atoms with E-state index in [2.05, 4.69) is 0 Å². The number of hydrogen-bond acceptors (Lipinski definition) is 4. The van der Waals surface area contributed by atoms with Crippen molar-refractivity contribution in [3.05, 3.63) is 23.8 Å². The van der Waals surface area contributed by atoms with Gasteiger partial charge in [-0.1, -0.05) is 0 Å². The number of phenolic OH excluding ortho intramolecular Hbond substituents is 1. The summed E-state index contributed by atoms with van der Waals surface area (Å²) in [5.41, 5.74) is -0.0976. The number of aromatic hydroxyl groups is 1. The Hall–Kier alpha value is -1.75. The maximum atomic E-state index is 12.4. The van der Waals surface area contributed by atoms with Crippen LogP contribution in [0.2, 0.25) is 0 Å². The molecule has 1 fully saturated rings. The third-order valence-corrected chi connectivity index (χ3v) is 3.15. The van der Waals surface area contributed by atoms with Crippen molar-refractivity contribution in [2.45, 2.75) is 19.4 Å². The van der Waals surface area contributed by atoms with E-state index in [1.54, 1.807) is 17.0 Å². The van der Waals surface area contributed by atoms with Crippen LogP contribution < -0.4 is 4.74 Å². The van der Waals surface area contributed by atoms with Crippen LogP contribution in [0.15, 0.2) is 18.2 Å². The fourth-order valence-electron chi connectivity index (χ4n) is 2.17. The number of amides is 1. The first-order valence-corrected chi connectivity index (χ1v) is 6.23. The highest BCUT2D eigenvalue weighted by Gasteiger charge is 2.31. The topological polar surface area (TPSA) is 59.0 Å². The number of nitrogens with zero attached hydrogens (tertiary/aromatic N) is 1. The first-order chi connectivity index (χ1) is 8.93. The fraction of sp³-hybridized carbons (Fsp3) is 0.500. The zero-order chi connectivity index (χ0) is 14.0. The molecule has 5 nitrogen and oxygen atoms in total. The predicted molar refractivity (Wildman–Crippen MR) is 70.6 cm³/mol.